The quantitative estimate of drug-likeness (QED) is 0.226. The van der Waals surface area contributed by atoms with Crippen LogP contribution in [0.5, 0.6) is 0 Å². The molecular formula is C26H24N8O3. The molecule has 11 heteroatoms. The summed E-state index contributed by atoms with van der Waals surface area (Å²) in [7, 11) is 0. The van der Waals surface area contributed by atoms with Crippen LogP contribution in [0.15, 0.2) is 61.1 Å². The molecule has 0 saturated heterocycles. The molecule has 2 aromatic carbocycles. The number of carbonyl (C=O) groups excluding carboxylic acids is 3. The number of carbonyl (C=O) groups is 3. The third-order valence-electron chi connectivity index (χ3n) is 5.53. The number of nitrogens with zero attached hydrogens (tertiary/aromatic N) is 3. The van der Waals surface area contributed by atoms with E-state index >= 15 is 0 Å². The molecule has 3 heterocycles. The van der Waals surface area contributed by atoms with Crippen molar-refractivity contribution in [2.45, 2.75) is 20.3 Å². The third-order valence-corrected chi connectivity index (χ3v) is 5.53. The lowest BCUT2D eigenvalue weighted by Crippen LogP contribution is -2.16. The topological polar surface area (TPSA) is 158 Å². The van der Waals surface area contributed by atoms with Crippen LogP contribution >= 0.6 is 0 Å². The first-order valence-electron chi connectivity index (χ1n) is 11.7. The van der Waals surface area contributed by atoms with Crippen molar-refractivity contribution in [1.29, 1.82) is 0 Å². The molecule has 0 aliphatic rings. The van der Waals surface area contributed by atoms with E-state index < -0.39 is 11.8 Å². The van der Waals surface area contributed by atoms with Gasteiger partial charge in [-0.15, -0.1) is 0 Å². The van der Waals surface area contributed by atoms with E-state index in [0.717, 1.165) is 10.8 Å². The van der Waals surface area contributed by atoms with Gasteiger partial charge < -0.3 is 15.3 Å². The Bertz CT molecular complexity index is 1620. The fourth-order valence-corrected chi connectivity index (χ4v) is 3.89. The number of hydrogen-bond donors (Lipinski definition) is 5. The molecule has 3 aromatic heterocycles. The van der Waals surface area contributed by atoms with Crippen molar-refractivity contribution in [2.24, 2.45) is 5.92 Å². The van der Waals surface area contributed by atoms with E-state index in [9.17, 15) is 14.4 Å². The summed E-state index contributed by atoms with van der Waals surface area (Å²) in [5.41, 5.74) is 1.59. The van der Waals surface area contributed by atoms with Gasteiger partial charge in [0, 0.05) is 36.1 Å². The van der Waals surface area contributed by atoms with Gasteiger partial charge in [-0.25, -0.2) is 9.97 Å². The van der Waals surface area contributed by atoms with Crippen LogP contribution in [0.4, 0.5) is 17.6 Å². The van der Waals surface area contributed by atoms with E-state index in [2.05, 4.69) is 40.9 Å². The van der Waals surface area contributed by atoms with Crippen LogP contribution in [0.1, 0.15) is 41.1 Å². The van der Waals surface area contributed by atoms with Crippen molar-refractivity contribution < 1.29 is 14.4 Å². The predicted octanol–water partition coefficient (Wildman–Crippen LogP) is 4.32. The van der Waals surface area contributed by atoms with Gasteiger partial charge >= 0.3 is 0 Å². The number of anilines is 3. The minimum absolute atomic E-state index is 0.132. The van der Waals surface area contributed by atoms with Crippen molar-refractivity contribution in [1.82, 2.24) is 24.9 Å². The number of aromatic amines is 2. The number of nitrogens with one attached hydrogen (secondary N) is 5. The van der Waals surface area contributed by atoms with E-state index in [4.69, 9.17) is 0 Å². The van der Waals surface area contributed by atoms with Gasteiger partial charge in [0.25, 0.3) is 11.8 Å². The Morgan fingerprint density at radius 3 is 2.46 bits per heavy atom. The first-order chi connectivity index (χ1) is 17.9. The Labute approximate surface area is 211 Å². The number of imidazole rings is 2. The molecule has 11 nitrogen and oxygen atoms in total. The second kappa shape index (κ2) is 9.90. The van der Waals surface area contributed by atoms with Crippen LogP contribution in [0.25, 0.3) is 21.8 Å². The largest absolute Gasteiger partial charge is 0.331 e. The van der Waals surface area contributed by atoms with Crippen molar-refractivity contribution in [2.75, 3.05) is 16.0 Å². The summed E-state index contributed by atoms with van der Waals surface area (Å²) >= 11 is 0. The van der Waals surface area contributed by atoms with Crippen LogP contribution in [-0.4, -0.2) is 42.6 Å². The maximum absolute atomic E-state index is 13.1. The van der Waals surface area contributed by atoms with Crippen LogP contribution in [0.2, 0.25) is 0 Å². The maximum Gasteiger partial charge on any atom is 0.276 e. The van der Waals surface area contributed by atoms with E-state index in [1.807, 2.05) is 38.1 Å². The zero-order chi connectivity index (χ0) is 25.9. The molecule has 37 heavy (non-hydrogen) atoms. The summed E-state index contributed by atoms with van der Waals surface area (Å²) in [4.78, 5) is 56.9. The minimum Gasteiger partial charge on any atom is -0.331 e. The Hall–Kier alpha value is -5.06. The molecule has 0 atom stereocenters. The highest BCUT2D eigenvalue weighted by Crippen LogP contribution is 2.25. The molecule has 3 amide bonds. The van der Waals surface area contributed by atoms with Gasteiger partial charge in [0.1, 0.15) is 11.2 Å². The van der Waals surface area contributed by atoms with Gasteiger partial charge in [0.15, 0.2) is 0 Å². The fourth-order valence-electron chi connectivity index (χ4n) is 3.89. The summed E-state index contributed by atoms with van der Waals surface area (Å²) in [6, 6.07) is 12.5. The van der Waals surface area contributed by atoms with Gasteiger partial charge in [-0.3, -0.25) is 30.0 Å². The number of rotatable bonds is 7. The van der Waals surface area contributed by atoms with E-state index in [0.29, 0.717) is 23.1 Å². The molecule has 5 aromatic rings. The summed E-state index contributed by atoms with van der Waals surface area (Å²) < 4.78 is 0. The molecule has 186 valence electrons. The highest BCUT2D eigenvalue weighted by atomic mass is 16.2. The van der Waals surface area contributed by atoms with Gasteiger partial charge in [0.2, 0.25) is 17.8 Å². The molecule has 0 saturated carbocycles. The number of aromatic nitrogens is 5. The average Bonchev–Trinajstić information content (AvgIpc) is 3.52. The summed E-state index contributed by atoms with van der Waals surface area (Å²) in [6.07, 6.45) is 5.05. The molecule has 5 rings (SSSR count). The van der Waals surface area contributed by atoms with Gasteiger partial charge in [-0.05, 0) is 29.5 Å². The lowest BCUT2D eigenvalue weighted by atomic mass is 10.1. The van der Waals surface area contributed by atoms with E-state index in [1.54, 1.807) is 24.5 Å². The first-order valence-corrected chi connectivity index (χ1v) is 11.7. The van der Waals surface area contributed by atoms with Gasteiger partial charge in [-0.2, -0.15) is 0 Å². The van der Waals surface area contributed by atoms with Crippen molar-refractivity contribution in [3.8, 4) is 0 Å². The van der Waals surface area contributed by atoms with Crippen LogP contribution in [-0.2, 0) is 4.79 Å². The van der Waals surface area contributed by atoms with E-state index in [-0.39, 0.29) is 35.0 Å². The van der Waals surface area contributed by atoms with Crippen LogP contribution < -0.4 is 16.0 Å². The highest BCUT2D eigenvalue weighted by Gasteiger charge is 2.19. The zero-order valence-electron chi connectivity index (χ0n) is 20.1. The summed E-state index contributed by atoms with van der Waals surface area (Å²) in [6.45, 7) is 3.89. The average molecular weight is 497 g/mol. The highest BCUT2D eigenvalue weighted by molar-refractivity contribution is 6.13. The van der Waals surface area contributed by atoms with Crippen LogP contribution in [0.3, 0.4) is 0 Å². The zero-order valence-corrected chi connectivity index (χ0v) is 20.1. The van der Waals surface area contributed by atoms with E-state index in [1.165, 1.54) is 12.3 Å². The first kappa shape index (κ1) is 23.7. The number of hydrogen-bond acceptors (Lipinski definition) is 6. The number of benzene rings is 2. The van der Waals surface area contributed by atoms with Gasteiger partial charge in [0.05, 0.1) is 11.1 Å². The molecule has 5 N–H and O–H groups in total. The van der Waals surface area contributed by atoms with Crippen LogP contribution in [0, 0.1) is 5.92 Å². The van der Waals surface area contributed by atoms with Crippen molar-refractivity contribution in [3.63, 3.8) is 0 Å². The Morgan fingerprint density at radius 1 is 0.919 bits per heavy atom. The molecule has 0 unspecified atom stereocenters. The second-order valence-electron chi connectivity index (χ2n) is 8.91. The minimum atomic E-state index is -0.486. The Morgan fingerprint density at radius 2 is 1.70 bits per heavy atom. The van der Waals surface area contributed by atoms with Crippen molar-refractivity contribution >= 4 is 57.1 Å². The molecular weight excluding hydrogens is 472 g/mol. The van der Waals surface area contributed by atoms with Crippen molar-refractivity contribution in [3.05, 3.63) is 72.3 Å². The number of amides is 3. The SMILES string of the molecule is CC(C)CC(=O)Nc1cc(C(=O)Nc2ncc[nH]2)c2nc(NC(=O)c3cc4ccccc4cn3)[nH]c2c1. The van der Waals surface area contributed by atoms with Gasteiger partial charge in [-0.1, -0.05) is 38.1 Å². The molecule has 0 spiro atoms. The molecule has 0 aliphatic carbocycles. The number of H-pyrrole nitrogens is 2. The normalized spacial score (nSPS) is 11.1. The number of pyridine rings is 1. The lowest BCUT2D eigenvalue weighted by molar-refractivity contribution is -0.116. The predicted molar refractivity (Wildman–Crippen MR) is 140 cm³/mol. The molecule has 0 radical (unpaired) electrons. The molecule has 0 bridgehead atoms. The number of fused-ring (bicyclic) bond motifs is 2. The maximum atomic E-state index is 13.1. The smallest absolute Gasteiger partial charge is 0.276 e. The second-order valence-corrected chi connectivity index (χ2v) is 8.91. The fraction of sp³-hybridized carbons (Fsp3) is 0.154. The Kier molecular flexibility index (Phi) is 6.33. The summed E-state index contributed by atoms with van der Waals surface area (Å²) in [5.74, 6) is -0.561. The Balaban J connectivity index is 1.46. The molecule has 0 aliphatic heterocycles. The molecule has 0 fully saturated rings. The summed E-state index contributed by atoms with van der Waals surface area (Å²) in [5, 5.41) is 10.00. The standard InChI is InChI=1S/C26H24N8O3/c1-14(2)9-21(35)30-17-11-18(23(36)33-25-27-7-8-28-25)22-19(12-17)31-26(32-22)34-24(37)20-10-15-5-3-4-6-16(15)13-29-20/h3-8,10-14H,9H2,1-2H3,(H,30,35)(H2,27,28,33,36)(H2,31,32,34,37). The third kappa shape index (κ3) is 5.30. The lowest BCUT2D eigenvalue weighted by Gasteiger charge is -2.09. The monoisotopic (exact) mass is 496 g/mol.